The average molecular weight is 359 g/mol. The van der Waals surface area contributed by atoms with Gasteiger partial charge in [-0.25, -0.2) is 4.98 Å². The van der Waals surface area contributed by atoms with Gasteiger partial charge in [0.2, 0.25) is 5.91 Å². The van der Waals surface area contributed by atoms with E-state index in [9.17, 15) is 4.79 Å². The molecule has 0 fully saturated rings. The molecule has 0 aliphatic carbocycles. The molecule has 0 bridgehead atoms. The number of benzene rings is 1. The summed E-state index contributed by atoms with van der Waals surface area (Å²) in [6, 6.07) is 14.7. The number of amides is 1. The molecule has 22 heavy (non-hydrogen) atoms. The Hall–Kier alpha value is -2.18. The number of imidazole rings is 1. The van der Waals surface area contributed by atoms with Gasteiger partial charge in [0.25, 0.3) is 0 Å². The maximum Gasteiger partial charge on any atom is 0.239 e. The fourth-order valence-corrected chi connectivity index (χ4v) is 2.88. The van der Waals surface area contributed by atoms with E-state index in [4.69, 9.17) is 5.73 Å². The number of nitrogens with one attached hydrogen (secondary N) is 1. The van der Waals surface area contributed by atoms with Crippen molar-refractivity contribution >= 4 is 27.5 Å². The molecule has 1 atom stereocenters. The van der Waals surface area contributed by atoms with Crippen LogP contribution in [-0.2, 0) is 11.3 Å². The first kappa shape index (κ1) is 14.7. The maximum absolute atomic E-state index is 11.7. The number of nitrogens with zero attached hydrogens (tertiary/aromatic N) is 2. The summed E-state index contributed by atoms with van der Waals surface area (Å²) in [4.78, 5) is 16.2. The lowest BCUT2D eigenvalue weighted by molar-refractivity contribution is -0.120. The molecule has 0 aliphatic rings. The van der Waals surface area contributed by atoms with E-state index in [1.54, 1.807) is 0 Å². The summed E-state index contributed by atoms with van der Waals surface area (Å²) >= 11 is 3.54. The zero-order chi connectivity index (χ0) is 15.5. The van der Waals surface area contributed by atoms with E-state index in [2.05, 4.69) is 26.2 Å². The number of hydrogen-bond acceptors (Lipinski definition) is 3. The third-order valence-corrected chi connectivity index (χ3v) is 4.27. The molecular formula is C16H15BrN4O. The second kappa shape index (κ2) is 6.29. The van der Waals surface area contributed by atoms with Crippen molar-refractivity contribution in [3.63, 3.8) is 0 Å². The van der Waals surface area contributed by atoms with Crippen LogP contribution in [0.4, 0.5) is 0 Å². The van der Waals surface area contributed by atoms with Crippen LogP contribution in [0.5, 0.6) is 0 Å². The summed E-state index contributed by atoms with van der Waals surface area (Å²) in [6.07, 6.45) is 1.93. The van der Waals surface area contributed by atoms with Gasteiger partial charge < -0.3 is 5.73 Å². The third-order valence-electron chi connectivity index (χ3n) is 3.43. The molecule has 1 unspecified atom stereocenters. The summed E-state index contributed by atoms with van der Waals surface area (Å²) in [5, 5.41) is 3.17. The topological polar surface area (TPSA) is 72.4 Å². The summed E-state index contributed by atoms with van der Waals surface area (Å²) in [5.74, 6) is -0.411. The van der Waals surface area contributed by atoms with Crippen LogP contribution in [0.2, 0.25) is 0 Å². The van der Waals surface area contributed by atoms with Gasteiger partial charge in [0.05, 0.1) is 5.69 Å². The molecule has 0 radical (unpaired) electrons. The number of aromatic nitrogens is 2. The molecule has 2 aromatic heterocycles. The van der Waals surface area contributed by atoms with E-state index in [0.29, 0.717) is 6.54 Å². The molecule has 0 aliphatic heterocycles. The average Bonchev–Trinajstić information content (AvgIpc) is 2.85. The predicted molar refractivity (Wildman–Crippen MR) is 88.1 cm³/mol. The largest absolute Gasteiger partial charge is 0.368 e. The fourth-order valence-electron chi connectivity index (χ4n) is 2.35. The summed E-state index contributed by atoms with van der Waals surface area (Å²) < 4.78 is 2.81. The van der Waals surface area contributed by atoms with Crippen LogP contribution in [0.1, 0.15) is 17.3 Å². The number of carbonyl (C=O) groups is 1. The summed E-state index contributed by atoms with van der Waals surface area (Å²) in [6.45, 7) is 0.435. The van der Waals surface area contributed by atoms with Crippen LogP contribution >= 0.6 is 15.9 Å². The first-order valence-electron chi connectivity index (χ1n) is 6.86. The number of primary amides is 1. The minimum absolute atomic E-state index is 0.411. The Labute approximate surface area is 136 Å². The zero-order valence-electron chi connectivity index (χ0n) is 11.7. The van der Waals surface area contributed by atoms with Crippen LogP contribution in [0.15, 0.2) is 59.3 Å². The lowest BCUT2D eigenvalue weighted by Gasteiger charge is -2.15. The predicted octanol–water partition coefficient (Wildman–Crippen LogP) is 2.41. The van der Waals surface area contributed by atoms with E-state index < -0.39 is 11.9 Å². The minimum atomic E-state index is -0.544. The van der Waals surface area contributed by atoms with Gasteiger partial charge in [0.1, 0.15) is 16.3 Å². The van der Waals surface area contributed by atoms with E-state index in [0.717, 1.165) is 21.5 Å². The molecule has 3 aromatic rings. The number of carbonyl (C=O) groups excluding carboxylic acids is 1. The number of fused-ring (bicyclic) bond motifs is 1. The zero-order valence-corrected chi connectivity index (χ0v) is 13.3. The Morgan fingerprint density at radius 1 is 1.23 bits per heavy atom. The normalized spacial score (nSPS) is 12.4. The highest BCUT2D eigenvalue weighted by molar-refractivity contribution is 9.10. The maximum atomic E-state index is 11.7. The molecular weight excluding hydrogens is 344 g/mol. The Kier molecular flexibility index (Phi) is 4.22. The van der Waals surface area contributed by atoms with Gasteiger partial charge in [-0.1, -0.05) is 36.4 Å². The molecule has 1 amide bonds. The van der Waals surface area contributed by atoms with Gasteiger partial charge in [-0.15, -0.1) is 0 Å². The van der Waals surface area contributed by atoms with Gasteiger partial charge in [0.15, 0.2) is 0 Å². The van der Waals surface area contributed by atoms with Crippen molar-refractivity contribution in [1.82, 2.24) is 14.7 Å². The van der Waals surface area contributed by atoms with Crippen molar-refractivity contribution in [2.45, 2.75) is 12.6 Å². The van der Waals surface area contributed by atoms with Crippen molar-refractivity contribution in [1.29, 1.82) is 0 Å². The minimum Gasteiger partial charge on any atom is -0.368 e. The van der Waals surface area contributed by atoms with Crippen LogP contribution < -0.4 is 11.1 Å². The lowest BCUT2D eigenvalue weighted by Crippen LogP contribution is -2.33. The monoisotopic (exact) mass is 358 g/mol. The Morgan fingerprint density at radius 2 is 1.95 bits per heavy atom. The lowest BCUT2D eigenvalue weighted by atomic mass is 10.1. The Morgan fingerprint density at radius 3 is 2.64 bits per heavy atom. The van der Waals surface area contributed by atoms with Gasteiger partial charge in [0, 0.05) is 12.7 Å². The number of pyridine rings is 1. The first-order chi connectivity index (χ1) is 10.7. The third kappa shape index (κ3) is 2.88. The molecule has 5 nitrogen and oxygen atoms in total. The smallest absolute Gasteiger partial charge is 0.239 e. The SMILES string of the molecule is NC(=O)C(NCc1nc2ccccn2c1Br)c1ccccc1. The summed E-state index contributed by atoms with van der Waals surface area (Å²) in [7, 11) is 0. The van der Waals surface area contributed by atoms with Crippen LogP contribution in [0.3, 0.4) is 0 Å². The molecule has 3 N–H and O–H groups in total. The molecule has 0 saturated heterocycles. The van der Waals surface area contributed by atoms with Gasteiger partial charge in [-0.2, -0.15) is 0 Å². The number of hydrogen-bond donors (Lipinski definition) is 2. The molecule has 6 heteroatoms. The quantitative estimate of drug-likeness (QED) is 0.735. The van der Waals surface area contributed by atoms with Crippen molar-refractivity contribution in [3.05, 3.63) is 70.6 Å². The molecule has 3 rings (SSSR count). The first-order valence-corrected chi connectivity index (χ1v) is 7.65. The molecule has 1 aromatic carbocycles. The number of halogens is 1. The fraction of sp³-hybridized carbons (Fsp3) is 0.125. The van der Waals surface area contributed by atoms with Gasteiger partial charge in [-0.05, 0) is 33.6 Å². The second-order valence-electron chi connectivity index (χ2n) is 4.91. The van der Waals surface area contributed by atoms with Gasteiger partial charge >= 0.3 is 0 Å². The Balaban J connectivity index is 1.82. The van der Waals surface area contributed by atoms with Crippen molar-refractivity contribution < 1.29 is 4.79 Å². The second-order valence-corrected chi connectivity index (χ2v) is 5.66. The molecule has 0 saturated carbocycles. The van der Waals surface area contributed by atoms with E-state index in [1.165, 1.54) is 0 Å². The van der Waals surface area contributed by atoms with Gasteiger partial charge in [-0.3, -0.25) is 14.5 Å². The number of rotatable bonds is 5. The van der Waals surface area contributed by atoms with Crippen LogP contribution in [0.25, 0.3) is 5.65 Å². The molecule has 2 heterocycles. The van der Waals surface area contributed by atoms with Crippen molar-refractivity contribution in [2.75, 3.05) is 0 Å². The number of nitrogens with two attached hydrogens (primary N) is 1. The highest BCUT2D eigenvalue weighted by Crippen LogP contribution is 2.20. The Bertz CT molecular complexity index is 800. The standard InChI is InChI=1S/C16H15BrN4O/c17-15-12(20-13-8-4-5-9-21(13)15)10-19-14(16(18)22)11-6-2-1-3-7-11/h1-9,14,19H,10H2,(H2,18,22). The molecule has 0 spiro atoms. The summed E-state index contributed by atoms with van der Waals surface area (Å²) in [5.41, 5.74) is 8.03. The highest BCUT2D eigenvalue weighted by atomic mass is 79.9. The van der Waals surface area contributed by atoms with Crippen LogP contribution in [-0.4, -0.2) is 15.3 Å². The highest BCUT2D eigenvalue weighted by Gasteiger charge is 2.18. The van der Waals surface area contributed by atoms with Crippen LogP contribution in [0, 0.1) is 0 Å². The van der Waals surface area contributed by atoms with Crippen molar-refractivity contribution in [2.24, 2.45) is 5.73 Å². The van der Waals surface area contributed by atoms with E-state index in [-0.39, 0.29) is 0 Å². The van der Waals surface area contributed by atoms with E-state index >= 15 is 0 Å². The molecule has 112 valence electrons. The van der Waals surface area contributed by atoms with Crippen molar-refractivity contribution in [3.8, 4) is 0 Å². The van der Waals surface area contributed by atoms with E-state index in [1.807, 2.05) is 59.1 Å².